The summed E-state index contributed by atoms with van der Waals surface area (Å²) in [6.07, 6.45) is 0. The van der Waals surface area contributed by atoms with Gasteiger partial charge < -0.3 is 0 Å². The number of ether oxygens (including phenoxy) is 2. The Balaban J connectivity index is 5.73. The zero-order chi connectivity index (χ0) is 16.0. The van der Waals surface area contributed by atoms with Crippen LogP contribution < -0.4 is 0 Å². The molecule has 124 valence electrons. The molecule has 0 saturated heterocycles. The van der Waals surface area contributed by atoms with Crippen LogP contribution in [0.15, 0.2) is 0 Å². The first-order valence-electron chi connectivity index (χ1n) is 6.68. The maximum atomic E-state index is 7.36. The summed E-state index contributed by atoms with van der Waals surface area (Å²) in [5.74, 6) is 0. The zero-order valence-electron chi connectivity index (χ0n) is 14.3. The molecule has 0 aromatic rings. The maximum absolute atomic E-state index is 7.36. The second kappa shape index (κ2) is 8.20. The molecule has 0 atom stereocenters. The molecule has 6 nitrogen and oxygen atoms in total. The van der Waals surface area contributed by atoms with Crippen molar-refractivity contribution in [2.45, 2.75) is 0 Å². The van der Waals surface area contributed by atoms with Gasteiger partial charge in [0.25, 0.3) is 0 Å². The van der Waals surface area contributed by atoms with E-state index >= 15 is 0 Å². The molecule has 0 aliphatic rings. The number of hydrogen-bond acceptors (Lipinski definition) is 6. The van der Waals surface area contributed by atoms with Gasteiger partial charge in [-0.2, -0.15) is 0 Å². The molecule has 0 heterocycles. The van der Waals surface area contributed by atoms with E-state index in [4.69, 9.17) is 20.7 Å². The first-order chi connectivity index (χ1) is 9.17. The fourth-order valence-electron chi connectivity index (χ4n) is 2.68. The van der Waals surface area contributed by atoms with Crippen LogP contribution in [-0.2, 0) is 9.47 Å². The molecule has 20 heavy (non-hydrogen) atoms. The SMILES string of the molecule is COCCN(CCOC)P(Cl)(N(C)C)(N(C)C)N(C)C. The van der Waals surface area contributed by atoms with Crippen LogP contribution in [0, 0.1) is 0 Å². The Morgan fingerprint density at radius 1 is 0.750 bits per heavy atom. The van der Waals surface area contributed by atoms with Crippen molar-refractivity contribution in [2.75, 3.05) is 82.8 Å². The van der Waals surface area contributed by atoms with E-state index in [2.05, 4.69) is 18.7 Å². The van der Waals surface area contributed by atoms with Gasteiger partial charge in [-0.05, 0) is 0 Å². The van der Waals surface area contributed by atoms with Crippen molar-refractivity contribution in [3.05, 3.63) is 0 Å². The molecule has 0 bridgehead atoms. The summed E-state index contributed by atoms with van der Waals surface area (Å²) >= 11 is 7.36. The van der Waals surface area contributed by atoms with Gasteiger partial charge in [0.2, 0.25) is 0 Å². The first-order valence-corrected chi connectivity index (χ1v) is 9.63. The number of methoxy groups -OCH3 is 2. The molecular formula is C12H32ClN4O2P. The molecule has 0 radical (unpaired) electrons. The Kier molecular flexibility index (Phi) is 8.40. The molecule has 0 aliphatic carbocycles. The Labute approximate surface area is 129 Å². The number of rotatable bonds is 10. The van der Waals surface area contributed by atoms with E-state index in [0.717, 1.165) is 13.1 Å². The average molecular weight is 331 g/mol. The minimum atomic E-state index is -3.08. The first kappa shape index (κ1) is 20.5. The van der Waals surface area contributed by atoms with Crippen molar-refractivity contribution in [2.24, 2.45) is 0 Å². The molecule has 0 aliphatic heterocycles. The van der Waals surface area contributed by atoms with Gasteiger partial charge in [-0.15, -0.1) is 0 Å². The van der Waals surface area contributed by atoms with Gasteiger partial charge in [0.1, 0.15) is 0 Å². The van der Waals surface area contributed by atoms with Crippen molar-refractivity contribution < 1.29 is 9.47 Å². The van der Waals surface area contributed by atoms with Crippen molar-refractivity contribution in [1.82, 2.24) is 18.7 Å². The van der Waals surface area contributed by atoms with Gasteiger partial charge in [0.15, 0.2) is 0 Å². The third-order valence-corrected chi connectivity index (χ3v) is 12.5. The van der Waals surface area contributed by atoms with Crippen LogP contribution in [0.2, 0.25) is 0 Å². The molecule has 0 aromatic heterocycles. The van der Waals surface area contributed by atoms with Crippen molar-refractivity contribution in [3.63, 3.8) is 0 Å². The van der Waals surface area contributed by atoms with Gasteiger partial charge in [-0.3, -0.25) is 0 Å². The number of hydrogen-bond donors (Lipinski definition) is 0. The summed E-state index contributed by atoms with van der Waals surface area (Å²) in [6, 6.07) is 0. The average Bonchev–Trinajstić information content (AvgIpc) is 2.37. The number of nitrogens with zero attached hydrogens (tertiary/aromatic N) is 4. The zero-order valence-corrected chi connectivity index (χ0v) is 15.9. The molecule has 0 saturated carbocycles. The standard InChI is InChI=1S/C12H32ClN4O2P/c1-14(2)20(13,15(3)4,16(5)6)17(9-11-18-7)10-12-19-8/h9-12H2,1-8H3. The number of halogens is 1. The topological polar surface area (TPSA) is 31.4 Å². The molecular weight excluding hydrogens is 299 g/mol. The van der Waals surface area contributed by atoms with Crippen LogP contribution in [0.3, 0.4) is 0 Å². The van der Waals surface area contributed by atoms with Crippen LogP contribution in [0.5, 0.6) is 0 Å². The van der Waals surface area contributed by atoms with Crippen molar-refractivity contribution in [1.29, 1.82) is 0 Å². The summed E-state index contributed by atoms with van der Waals surface area (Å²) < 4.78 is 19.2. The third-order valence-electron chi connectivity index (χ3n) is 3.66. The van der Waals surface area contributed by atoms with E-state index in [1.54, 1.807) is 14.2 Å². The van der Waals surface area contributed by atoms with E-state index in [0.29, 0.717) is 13.2 Å². The molecule has 0 rings (SSSR count). The Hall–Kier alpha value is 0.480. The van der Waals surface area contributed by atoms with E-state index in [1.165, 1.54) is 0 Å². The van der Waals surface area contributed by atoms with E-state index in [1.807, 2.05) is 42.3 Å². The normalized spacial score (nSPS) is 15.3. The molecule has 0 N–H and O–H groups in total. The Bertz CT molecular complexity index is 260. The summed E-state index contributed by atoms with van der Waals surface area (Å²) in [6.45, 7) is -0.333. The second-order valence-corrected chi connectivity index (χ2v) is 11.8. The van der Waals surface area contributed by atoms with Gasteiger partial charge in [0, 0.05) is 0 Å². The molecule has 0 spiro atoms. The Morgan fingerprint density at radius 3 is 1.25 bits per heavy atom. The van der Waals surface area contributed by atoms with E-state index in [9.17, 15) is 0 Å². The molecule has 0 amide bonds. The molecule has 8 heteroatoms. The predicted octanol–water partition coefficient (Wildman–Crippen LogP) is 1.63. The Morgan fingerprint density at radius 2 is 1.05 bits per heavy atom. The van der Waals surface area contributed by atoms with Crippen LogP contribution in [-0.4, -0.2) is 101 Å². The molecule has 0 aromatic carbocycles. The molecule has 0 unspecified atom stereocenters. The predicted molar refractivity (Wildman–Crippen MR) is 89.2 cm³/mol. The third kappa shape index (κ3) is 3.45. The quantitative estimate of drug-likeness (QED) is 0.566. The summed E-state index contributed by atoms with van der Waals surface area (Å²) in [5, 5.41) is 0. The fourth-order valence-corrected chi connectivity index (χ4v) is 7.65. The van der Waals surface area contributed by atoms with Crippen LogP contribution >= 0.6 is 17.8 Å². The van der Waals surface area contributed by atoms with E-state index in [-0.39, 0.29) is 0 Å². The van der Waals surface area contributed by atoms with Crippen LogP contribution in [0.25, 0.3) is 0 Å². The van der Waals surface area contributed by atoms with Gasteiger partial charge >= 0.3 is 129 Å². The monoisotopic (exact) mass is 330 g/mol. The van der Waals surface area contributed by atoms with Gasteiger partial charge in [0.05, 0.1) is 0 Å². The summed E-state index contributed by atoms with van der Waals surface area (Å²) in [5.41, 5.74) is 0. The fraction of sp³-hybridized carbons (Fsp3) is 1.00. The summed E-state index contributed by atoms with van der Waals surface area (Å²) in [7, 11) is 15.6. The summed E-state index contributed by atoms with van der Waals surface area (Å²) in [4.78, 5) is 0. The van der Waals surface area contributed by atoms with Gasteiger partial charge in [-0.25, -0.2) is 0 Å². The van der Waals surface area contributed by atoms with Crippen LogP contribution in [0.1, 0.15) is 0 Å². The van der Waals surface area contributed by atoms with Gasteiger partial charge in [-0.1, -0.05) is 0 Å². The van der Waals surface area contributed by atoms with Crippen molar-refractivity contribution >= 4 is 17.8 Å². The second-order valence-electron chi connectivity index (χ2n) is 5.32. The molecule has 0 fully saturated rings. The van der Waals surface area contributed by atoms with Crippen LogP contribution in [0.4, 0.5) is 0 Å². The van der Waals surface area contributed by atoms with E-state index < -0.39 is 6.56 Å². The van der Waals surface area contributed by atoms with Crippen molar-refractivity contribution in [3.8, 4) is 0 Å². The minimum absolute atomic E-state index is 0.629.